The van der Waals surface area contributed by atoms with Crippen LogP contribution in [0.3, 0.4) is 0 Å². The molecule has 0 unspecified atom stereocenters. The summed E-state index contributed by atoms with van der Waals surface area (Å²) in [6.07, 6.45) is 3.93. The van der Waals surface area contributed by atoms with Gasteiger partial charge in [0, 0.05) is 5.88 Å². The van der Waals surface area contributed by atoms with E-state index in [1.165, 1.54) is 5.56 Å². The molecule has 0 heterocycles. The van der Waals surface area contributed by atoms with Crippen molar-refractivity contribution in [1.29, 1.82) is 0 Å². The summed E-state index contributed by atoms with van der Waals surface area (Å²) in [5, 5.41) is 8.63. The molecular formula is C15H15ClO. The molecule has 0 fully saturated rings. The molecule has 0 aliphatic rings. The van der Waals surface area contributed by atoms with Gasteiger partial charge in [-0.2, -0.15) is 0 Å². The number of alkyl halides is 1. The summed E-state index contributed by atoms with van der Waals surface area (Å²) in [5.74, 6) is 0.900. The molecule has 2 aromatic carbocycles. The van der Waals surface area contributed by atoms with E-state index in [2.05, 4.69) is 0 Å². The number of rotatable bonds is 2. The highest BCUT2D eigenvalue weighted by Gasteiger charge is 1.79. The molecule has 0 spiro atoms. The molecule has 2 aromatic rings. The largest absolute Gasteiger partial charge is 0.508 e. The molecule has 0 radical (unpaired) electrons. The van der Waals surface area contributed by atoms with Gasteiger partial charge in [-0.3, -0.25) is 0 Å². The lowest BCUT2D eigenvalue weighted by Crippen LogP contribution is -1.67. The number of hydrogen-bond donors (Lipinski definition) is 1. The number of halogens is 1. The van der Waals surface area contributed by atoms with E-state index in [9.17, 15) is 0 Å². The maximum Gasteiger partial charge on any atom is 0.115 e. The van der Waals surface area contributed by atoms with Crippen molar-refractivity contribution in [3.8, 4) is 5.75 Å². The minimum atomic E-state index is 0.322. The molecule has 0 atom stereocenters. The first-order valence-corrected chi connectivity index (χ1v) is 5.88. The zero-order valence-electron chi connectivity index (χ0n) is 9.46. The van der Waals surface area contributed by atoms with Crippen LogP contribution >= 0.6 is 11.6 Å². The predicted molar refractivity (Wildman–Crippen MR) is 74.3 cm³/mol. The van der Waals surface area contributed by atoms with Gasteiger partial charge >= 0.3 is 0 Å². The average Bonchev–Trinajstić information content (AvgIpc) is 2.39. The van der Waals surface area contributed by atoms with Crippen molar-refractivity contribution in [2.24, 2.45) is 0 Å². The quantitative estimate of drug-likeness (QED) is 0.782. The minimum Gasteiger partial charge on any atom is -0.508 e. The molecule has 0 aliphatic heterocycles. The van der Waals surface area contributed by atoms with Gasteiger partial charge in [0.15, 0.2) is 0 Å². The highest BCUT2D eigenvalue weighted by atomic mass is 35.5. The van der Waals surface area contributed by atoms with Crippen molar-refractivity contribution in [1.82, 2.24) is 0 Å². The van der Waals surface area contributed by atoms with E-state index >= 15 is 0 Å². The van der Waals surface area contributed by atoms with Crippen LogP contribution in [0, 0.1) is 0 Å². The van der Waals surface area contributed by atoms with Crippen LogP contribution in [0.2, 0.25) is 0 Å². The van der Waals surface area contributed by atoms with Gasteiger partial charge in [-0.15, -0.1) is 11.6 Å². The summed E-state index contributed by atoms with van der Waals surface area (Å²) in [6, 6.07) is 18.8. The Bertz CT molecular complexity index is 423. The molecule has 2 heteroatoms. The summed E-state index contributed by atoms with van der Waals surface area (Å²) in [6.45, 7) is 0. The maximum absolute atomic E-state index is 8.63. The van der Waals surface area contributed by atoms with Crippen molar-refractivity contribution in [2.45, 2.75) is 0 Å². The highest BCUT2D eigenvalue weighted by Crippen LogP contribution is 2.02. The Hall–Kier alpha value is -1.73. The number of para-hydroxylation sites is 1. The van der Waals surface area contributed by atoms with E-state index in [0.29, 0.717) is 11.6 Å². The SMILES string of the molecule is ClCC=Cc1ccccc1.Oc1ccccc1. The summed E-state index contributed by atoms with van der Waals surface area (Å²) in [5.41, 5.74) is 1.20. The maximum atomic E-state index is 8.63. The Morgan fingerprint density at radius 1 is 0.882 bits per heavy atom. The summed E-state index contributed by atoms with van der Waals surface area (Å²) in [4.78, 5) is 0. The van der Waals surface area contributed by atoms with E-state index in [-0.39, 0.29) is 0 Å². The van der Waals surface area contributed by atoms with E-state index in [4.69, 9.17) is 16.7 Å². The fourth-order valence-electron chi connectivity index (χ4n) is 1.17. The standard InChI is InChI=1S/C9H9Cl.C6H6O/c10-8-4-7-9-5-2-1-3-6-9;7-6-4-2-1-3-5-6/h1-7H,8H2;1-5,7H. The van der Waals surface area contributed by atoms with E-state index in [0.717, 1.165) is 0 Å². The van der Waals surface area contributed by atoms with Crippen molar-refractivity contribution in [3.63, 3.8) is 0 Å². The predicted octanol–water partition coefficient (Wildman–Crippen LogP) is 4.33. The van der Waals surface area contributed by atoms with Crippen LogP contribution in [0.25, 0.3) is 6.08 Å². The Balaban J connectivity index is 0.000000181. The monoisotopic (exact) mass is 246 g/mol. The third-order valence-electron chi connectivity index (χ3n) is 1.96. The topological polar surface area (TPSA) is 20.2 Å². The second kappa shape index (κ2) is 8.43. The minimum absolute atomic E-state index is 0.322. The van der Waals surface area contributed by atoms with E-state index in [1.807, 2.05) is 48.6 Å². The second-order valence-electron chi connectivity index (χ2n) is 3.30. The molecule has 2 rings (SSSR count). The van der Waals surface area contributed by atoms with Crippen LogP contribution < -0.4 is 0 Å². The lowest BCUT2D eigenvalue weighted by molar-refractivity contribution is 0.475. The Kier molecular flexibility index (Phi) is 6.61. The number of phenols is 1. The zero-order chi connectivity index (χ0) is 12.3. The molecule has 0 saturated carbocycles. The number of allylic oxidation sites excluding steroid dienone is 1. The third-order valence-corrected chi connectivity index (χ3v) is 2.13. The highest BCUT2D eigenvalue weighted by molar-refractivity contribution is 6.19. The van der Waals surface area contributed by atoms with Crippen molar-refractivity contribution < 1.29 is 5.11 Å². The van der Waals surface area contributed by atoms with Gasteiger partial charge in [0.05, 0.1) is 0 Å². The van der Waals surface area contributed by atoms with Gasteiger partial charge in [-0.1, -0.05) is 60.7 Å². The average molecular weight is 247 g/mol. The van der Waals surface area contributed by atoms with Crippen molar-refractivity contribution in [3.05, 3.63) is 72.3 Å². The molecule has 0 bridgehead atoms. The third kappa shape index (κ3) is 6.44. The normalized spacial score (nSPS) is 9.71. The molecule has 0 saturated heterocycles. The van der Waals surface area contributed by atoms with Crippen molar-refractivity contribution >= 4 is 17.7 Å². The lowest BCUT2D eigenvalue weighted by atomic mass is 10.2. The van der Waals surface area contributed by atoms with Gasteiger partial charge in [0.25, 0.3) is 0 Å². The number of aromatic hydroxyl groups is 1. The molecule has 17 heavy (non-hydrogen) atoms. The fraction of sp³-hybridized carbons (Fsp3) is 0.0667. The van der Waals surface area contributed by atoms with Gasteiger partial charge in [-0.05, 0) is 17.7 Å². The summed E-state index contributed by atoms with van der Waals surface area (Å²) < 4.78 is 0. The molecule has 1 nitrogen and oxygen atoms in total. The van der Waals surface area contributed by atoms with Crippen LogP contribution in [-0.4, -0.2) is 11.0 Å². The smallest absolute Gasteiger partial charge is 0.115 e. The molecular weight excluding hydrogens is 232 g/mol. The Labute approximate surface area is 107 Å². The number of phenolic OH excluding ortho intramolecular Hbond substituents is 1. The molecule has 88 valence electrons. The van der Waals surface area contributed by atoms with E-state index < -0.39 is 0 Å². The first-order chi connectivity index (χ1) is 8.33. The van der Waals surface area contributed by atoms with Gasteiger partial charge in [0.2, 0.25) is 0 Å². The summed E-state index contributed by atoms with van der Waals surface area (Å²) >= 11 is 5.46. The van der Waals surface area contributed by atoms with Crippen LogP contribution in [-0.2, 0) is 0 Å². The first-order valence-electron chi connectivity index (χ1n) is 5.34. The van der Waals surface area contributed by atoms with Crippen molar-refractivity contribution in [2.75, 3.05) is 5.88 Å². The van der Waals surface area contributed by atoms with Gasteiger partial charge in [0.1, 0.15) is 5.75 Å². The second-order valence-corrected chi connectivity index (χ2v) is 3.61. The number of benzene rings is 2. The molecule has 0 aliphatic carbocycles. The lowest BCUT2D eigenvalue weighted by Gasteiger charge is -1.87. The van der Waals surface area contributed by atoms with Gasteiger partial charge < -0.3 is 5.11 Å². The first kappa shape index (κ1) is 13.3. The van der Waals surface area contributed by atoms with Crippen LogP contribution in [0.1, 0.15) is 5.56 Å². The fourth-order valence-corrected chi connectivity index (χ4v) is 1.26. The Morgan fingerprint density at radius 2 is 1.41 bits per heavy atom. The zero-order valence-corrected chi connectivity index (χ0v) is 10.2. The van der Waals surface area contributed by atoms with Gasteiger partial charge in [-0.25, -0.2) is 0 Å². The van der Waals surface area contributed by atoms with E-state index in [1.54, 1.807) is 24.3 Å². The Morgan fingerprint density at radius 3 is 1.82 bits per heavy atom. The summed E-state index contributed by atoms with van der Waals surface area (Å²) in [7, 11) is 0. The molecule has 0 amide bonds. The van der Waals surface area contributed by atoms with Crippen LogP contribution in [0.15, 0.2) is 66.7 Å². The molecule has 1 N–H and O–H groups in total. The van der Waals surface area contributed by atoms with Crippen LogP contribution in [0.4, 0.5) is 0 Å². The van der Waals surface area contributed by atoms with Crippen LogP contribution in [0.5, 0.6) is 5.75 Å². The number of hydrogen-bond acceptors (Lipinski definition) is 1. The molecule has 0 aromatic heterocycles.